The molecular weight excluding hydrogens is 128 g/mol. The second kappa shape index (κ2) is 3.16. The lowest BCUT2D eigenvalue weighted by Crippen LogP contribution is -1.84. The van der Waals surface area contributed by atoms with Crippen LogP contribution in [0.2, 0.25) is 0 Å². The largest absolute Gasteiger partial charge is 0.287 e. The normalized spacial score (nSPS) is 10.1. The minimum Gasteiger partial charge on any atom is -0.287 e. The Hall–Kier alpha value is 0.110. The van der Waals surface area contributed by atoms with Crippen molar-refractivity contribution in [3.8, 4) is 0 Å². The van der Waals surface area contributed by atoms with Crippen LogP contribution in [-0.4, -0.2) is 9.31 Å². The summed E-state index contributed by atoms with van der Waals surface area (Å²) < 4.78 is 7.13. The number of thioether (sulfide) groups is 1. The van der Waals surface area contributed by atoms with E-state index in [4.69, 9.17) is 1.37 Å². The van der Waals surface area contributed by atoms with Crippen LogP contribution in [-0.2, 0) is 4.79 Å². The number of thiocarbonyl (C=S) groups is 1. The first-order valence-corrected chi connectivity index (χ1v) is 2.89. The maximum Gasteiger partial charge on any atom is 0.191 e. The summed E-state index contributed by atoms with van der Waals surface area (Å²) in [7, 11) is 0. The van der Waals surface area contributed by atoms with Crippen molar-refractivity contribution in [3.63, 3.8) is 0 Å². The third-order valence-electron chi connectivity index (χ3n) is 0.258. The molecule has 0 aromatic carbocycles. The molecule has 0 amide bonds. The van der Waals surface area contributed by atoms with Gasteiger partial charge in [0, 0.05) is 8.29 Å². The summed E-state index contributed by atoms with van der Waals surface area (Å²) in [5.74, 6) is 0. The lowest BCUT2D eigenvalue weighted by atomic mass is 10.9. The maximum atomic E-state index is 10.2. The van der Waals surface area contributed by atoms with Crippen molar-refractivity contribution in [2.75, 3.05) is 0 Å². The second-order valence-corrected chi connectivity index (χ2v) is 2.99. The molecule has 0 bridgehead atoms. The molecule has 0 aliphatic heterocycles. The van der Waals surface area contributed by atoms with Crippen molar-refractivity contribution in [2.24, 2.45) is 0 Å². The predicted octanol–water partition coefficient (Wildman–Crippen LogP) is 1.61. The van der Waals surface area contributed by atoms with Gasteiger partial charge < -0.3 is 0 Å². The highest BCUT2D eigenvalue weighted by molar-refractivity contribution is 8.32. The Labute approximate surface area is 53.9 Å². The Bertz CT molecular complexity index is 113. The Balaban J connectivity index is 3.40. The van der Waals surface area contributed by atoms with Crippen molar-refractivity contribution in [1.82, 2.24) is 0 Å². The first-order chi connectivity index (χ1) is 3.66. The summed E-state index contributed by atoms with van der Waals surface area (Å²) in [5, 5.41) is -0.0396. The summed E-state index contributed by atoms with van der Waals surface area (Å²) in [4.78, 5) is 10.2. The third kappa shape index (κ3) is 6.11. The molecule has 0 saturated carbocycles. The molecule has 0 N–H and O–H groups in total. The molecule has 1 nitrogen and oxygen atoms in total. The molecule has 0 fully saturated rings. The number of carbonyl (C=O) groups excluding carboxylic acids is 1. The van der Waals surface area contributed by atoms with E-state index in [9.17, 15) is 4.79 Å². The highest BCUT2D eigenvalue weighted by Gasteiger charge is 1.91. The average Bonchev–Trinajstić information content (AvgIpc) is 1.65. The van der Waals surface area contributed by atoms with E-state index in [1.165, 1.54) is 6.92 Å². The molecule has 0 rings (SSSR count). The monoisotopic (exact) mass is 135 g/mol. The summed E-state index contributed by atoms with van der Waals surface area (Å²) >= 11 is 5.55. The van der Waals surface area contributed by atoms with Gasteiger partial charge in [-0.25, -0.2) is 0 Å². The molecule has 0 aromatic heterocycles. The van der Waals surface area contributed by atoms with Crippen LogP contribution in [0.1, 0.15) is 15.2 Å². The minimum atomic E-state index is -0.0396. The minimum absolute atomic E-state index is 0.0396. The highest BCUT2D eigenvalue weighted by atomic mass is 32.2. The van der Waals surface area contributed by atoms with Gasteiger partial charge in [0.05, 0.1) is 4.20 Å². The van der Waals surface area contributed by atoms with E-state index < -0.39 is 0 Å². The number of hydrogen-bond donors (Lipinski definition) is 0. The summed E-state index contributed by atoms with van der Waals surface area (Å²) in [5.41, 5.74) is 0. The highest BCUT2D eigenvalue weighted by Crippen LogP contribution is 2.02. The van der Waals surface area contributed by atoms with E-state index in [-0.39, 0.29) is 12.0 Å². The lowest BCUT2D eigenvalue weighted by molar-refractivity contribution is -0.109. The number of hydrogen-bond acceptors (Lipinski definition) is 3. The molecule has 0 aromatic rings. The van der Waals surface area contributed by atoms with Crippen LogP contribution in [0, 0.1) is 0 Å². The Morgan fingerprint density at radius 1 is 2.00 bits per heavy atom. The van der Waals surface area contributed by atoms with Crippen molar-refractivity contribution in [3.05, 3.63) is 0 Å². The van der Waals surface area contributed by atoms with Gasteiger partial charge in [-0.2, -0.15) is 0 Å². The van der Waals surface area contributed by atoms with Gasteiger partial charge in [0.15, 0.2) is 5.12 Å². The summed E-state index contributed by atoms with van der Waals surface area (Å²) in [6, 6.07) is 0. The fraction of sp³-hybridized carbons (Fsp3) is 0.500. The van der Waals surface area contributed by atoms with Gasteiger partial charge in [0.25, 0.3) is 0 Å². The van der Waals surface area contributed by atoms with Crippen LogP contribution in [0.15, 0.2) is 0 Å². The average molecular weight is 135 g/mol. The van der Waals surface area contributed by atoms with Gasteiger partial charge in [-0.3, -0.25) is 4.79 Å². The van der Waals surface area contributed by atoms with Crippen LogP contribution in [0.25, 0.3) is 0 Å². The van der Waals surface area contributed by atoms with Gasteiger partial charge in [0.1, 0.15) is 0 Å². The fourth-order valence-corrected chi connectivity index (χ4v) is 0.833. The van der Waals surface area contributed by atoms with Crippen LogP contribution >= 0.6 is 24.0 Å². The zero-order chi connectivity index (χ0) is 6.57. The topological polar surface area (TPSA) is 17.1 Å². The number of carbonyl (C=O) groups is 1. The van der Waals surface area contributed by atoms with Gasteiger partial charge in [0.2, 0.25) is 0 Å². The van der Waals surface area contributed by atoms with Crippen LogP contribution in [0.3, 0.4) is 0 Å². The molecule has 0 aliphatic rings. The molecule has 7 heavy (non-hydrogen) atoms. The molecule has 0 spiro atoms. The Morgan fingerprint density at radius 3 is 2.71 bits per heavy atom. The first-order valence-electron chi connectivity index (χ1n) is 2.38. The van der Waals surface area contributed by atoms with Crippen molar-refractivity contribution in [1.29, 1.82) is 0 Å². The van der Waals surface area contributed by atoms with Gasteiger partial charge in [-0.15, -0.1) is 0 Å². The Morgan fingerprint density at radius 2 is 2.57 bits per heavy atom. The van der Waals surface area contributed by atoms with E-state index in [1.807, 2.05) is 0 Å². The van der Waals surface area contributed by atoms with E-state index >= 15 is 0 Å². The number of rotatable bonds is 0. The molecule has 0 atom stereocenters. The van der Waals surface area contributed by atoms with E-state index in [2.05, 4.69) is 12.2 Å². The summed E-state index contributed by atoms with van der Waals surface area (Å²) in [6.45, 7) is 1.49. The van der Waals surface area contributed by atoms with Gasteiger partial charge >= 0.3 is 0 Å². The molecule has 0 saturated heterocycles. The molecule has 3 heteroatoms. The Kier molecular flexibility index (Phi) is 2.37. The van der Waals surface area contributed by atoms with Crippen LogP contribution < -0.4 is 0 Å². The molecular formula is C4H6OS2. The molecule has 0 unspecified atom stereocenters. The maximum absolute atomic E-state index is 10.2. The van der Waals surface area contributed by atoms with Gasteiger partial charge in [-0.1, -0.05) is 12.2 Å². The van der Waals surface area contributed by atoms with E-state index in [0.717, 1.165) is 11.8 Å². The second-order valence-electron chi connectivity index (χ2n) is 0.966. The van der Waals surface area contributed by atoms with Crippen LogP contribution in [0.5, 0.6) is 0 Å². The van der Waals surface area contributed by atoms with E-state index in [1.54, 1.807) is 0 Å². The molecule has 40 valence electrons. The fourth-order valence-electron chi connectivity index (χ4n) is 0.160. The SMILES string of the molecule is [2H]CC(=S)SC(C)=O. The predicted molar refractivity (Wildman–Crippen MR) is 36.5 cm³/mol. The first kappa shape index (κ1) is 5.25. The molecule has 0 radical (unpaired) electrons. The lowest BCUT2D eigenvalue weighted by Gasteiger charge is -1.84. The van der Waals surface area contributed by atoms with Crippen molar-refractivity contribution >= 4 is 33.3 Å². The molecule has 0 aliphatic carbocycles. The van der Waals surface area contributed by atoms with Crippen LogP contribution in [0.4, 0.5) is 0 Å². The van der Waals surface area contributed by atoms with Crippen molar-refractivity contribution in [2.45, 2.75) is 13.8 Å². The van der Waals surface area contributed by atoms with E-state index in [0.29, 0.717) is 4.20 Å². The van der Waals surface area contributed by atoms with Gasteiger partial charge in [-0.05, 0) is 18.7 Å². The third-order valence-corrected chi connectivity index (χ3v) is 1.02. The van der Waals surface area contributed by atoms with Crippen molar-refractivity contribution < 1.29 is 6.17 Å². The quantitative estimate of drug-likeness (QED) is 0.470. The standard InChI is InChI=1S/C4H6OS2/c1-3(5)7-4(2)6/h1-2H3/i2D. The smallest absolute Gasteiger partial charge is 0.191 e. The summed E-state index contributed by atoms with van der Waals surface area (Å²) in [6.07, 6.45) is 0. The zero-order valence-corrected chi connectivity index (χ0v) is 5.56. The zero-order valence-electron chi connectivity index (χ0n) is 4.93. The molecule has 0 heterocycles.